The zero-order valence-electron chi connectivity index (χ0n) is 19.8. The Labute approximate surface area is 187 Å². The van der Waals surface area contributed by atoms with Gasteiger partial charge in [-0.05, 0) is 29.2 Å². The van der Waals surface area contributed by atoms with E-state index in [0.29, 0.717) is 0 Å². The van der Waals surface area contributed by atoms with Gasteiger partial charge >= 0.3 is 0 Å². The third kappa shape index (κ3) is 11.2. The van der Waals surface area contributed by atoms with Crippen molar-refractivity contribution in [2.75, 3.05) is 0 Å². The van der Waals surface area contributed by atoms with Gasteiger partial charge in [-0.3, -0.25) is 0 Å². The highest BCUT2D eigenvalue weighted by atomic mass is 14.1. The summed E-state index contributed by atoms with van der Waals surface area (Å²) in [6, 6.07) is 15.4. The zero-order chi connectivity index (χ0) is 21.1. The first kappa shape index (κ1) is 25.0. The summed E-state index contributed by atoms with van der Waals surface area (Å²) in [7, 11) is 0. The molecule has 2 aromatic carbocycles. The van der Waals surface area contributed by atoms with Crippen LogP contribution < -0.4 is 0 Å². The Kier molecular flexibility index (Phi) is 14.5. The second-order valence-electron chi connectivity index (χ2n) is 9.22. The van der Waals surface area contributed by atoms with Crippen molar-refractivity contribution in [1.29, 1.82) is 0 Å². The van der Waals surface area contributed by atoms with E-state index in [9.17, 15) is 0 Å². The monoisotopic (exact) mass is 407 g/mol. The third-order valence-corrected chi connectivity index (χ3v) is 6.50. The Morgan fingerprint density at radius 3 is 1.53 bits per heavy atom. The molecule has 0 bridgehead atoms. The summed E-state index contributed by atoms with van der Waals surface area (Å²) in [5, 5.41) is 2.75. The van der Waals surface area contributed by atoms with Crippen LogP contribution in [0.5, 0.6) is 0 Å². The SMILES string of the molecule is CCCCCCCCCCCCCCCCCCC[CH]c1cccc2ccccc12. The van der Waals surface area contributed by atoms with Gasteiger partial charge in [0, 0.05) is 0 Å². The lowest BCUT2D eigenvalue weighted by atomic mass is 9.99. The van der Waals surface area contributed by atoms with Crippen molar-refractivity contribution >= 4 is 10.8 Å². The van der Waals surface area contributed by atoms with Crippen molar-refractivity contribution in [3.05, 3.63) is 54.4 Å². The lowest BCUT2D eigenvalue weighted by molar-refractivity contribution is 0.527. The molecule has 0 heteroatoms. The van der Waals surface area contributed by atoms with Crippen molar-refractivity contribution in [3.8, 4) is 0 Å². The highest BCUT2D eigenvalue weighted by molar-refractivity contribution is 5.86. The molecular formula is C30H47. The zero-order valence-corrected chi connectivity index (χ0v) is 19.8. The van der Waals surface area contributed by atoms with Gasteiger partial charge < -0.3 is 0 Å². The van der Waals surface area contributed by atoms with Crippen LogP contribution in [0.15, 0.2) is 42.5 Å². The van der Waals surface area contributed by atoms with E-state index in [1.54, 1.807) is 0 Å². The van der Waals surface area contributed by atoms with E-state index in [0.717, 1.165) is 0 Å². The average Bonchev–Trinajstić information content (AvgIpc) is 2.78. The molecule has 0 nitrogen and oxygen atoms in total. The van der Waals surface area contributed by atoms with Gasteiger partial charge in [-0.2, -0.15) is 0 Å². The molecule has 0 unspecified atom stereocenters. The largest absolute Gasteiger partial charge is 0.0654 e. The molecule has 0 aliphatic heterocycles. The molecule has 0 aliphatic rings. The van der Waals surface area contributed by atoms with Gasteiger partial charge in [0.15, 0.2) is 0 Å². The minimum atomic E-state index is 1.21. The maximum Gasteiger partial charge on any atom is -0.00867 e. The number of fused-ring (bicyclic) bond motifs is 1. The van der Waals surface area contributed by atoms with E-state index in [2.05, 4.69) is 55.8 Å². The molecular weight excluding hydrogens is 360 g/mol. The normalized spacial score (nSPS) is 11.4. The molecule has 0 spiro atoms. The summed E-state index contributed by atoms with van der Waals surface area (Å²) in [5.74, 6) is 0. The Morgan fingerprint density at radius 2 is 0.967 bits per heavy atom. The lowest BCUT2D eigenvalue weighted by Crippen LogP contribution is -1.86. The van der Waals surface area contributed by atoms with Crippen LogP contribution in [0.25, 0.3) is 10.8 Å². The number of hydrogen-bond acceptors (Lipinski definition) is 0. The van der Waals surface area contributed by atoms with E-state index in [4.69, 9.17) is 0 Å². The molecule has 0 heterocycles. The van der Waals surface area contributed by atoms with Crippen LogP contribution in [-0.4, -0.2) is 0 Å². The van der Waals surface area contributed by atoms with Crippen LogP contribution in [-0.2, 0) is 0 Å². The van der Waals surface area contributed by atoms with Gasteiger partial charge in [0.1, 0.15) is 0 Å². The molecule has 30 heavy (non-hydrogen) atoms. The van der Waals surface area contributed by atoms with Crippen LogP contribution in [0.2, 0.25) is 0 Å². The highest BCUT2D eigenvalue weighted by Crippen LogP contribution is 2.22. The van der Waals surface area contributed by atoms with Gasteiger partial charge in [-0.25, -0.2) is 0 Å². The Morgan fingerprint density at radius 1 is 0.500 bits per heavy atom. The first-order valence-corrected chi connectivity index (χ1v) is 13.2. The summed E-state index contributed by atoms with van der Waals surface area (Å²) >= 11 is 0. The van der Waals surface area contributed by atoms with Crippen molar-refractivity contribution < 1.29 is 0 Å². The van der Waals surface area contributed by atoms with E-state index < -0.39 is 0 Å². The van der Waals surface area contributed by atoms with E-state index in [1.807, 2.05) is 0 Å². The fraction of sp³-hybridized carbons (Fsp3) is 0.633. The van der Waals surface area contributed by atoms with Crippen LogP contribution in [0.4, 0.5) is 0 Å². The number of benzene rings is 2. The highest BCUT2D eigenvalue weighted by Gasteiger charge is 2.00. The Hall–Kier alpha value is -1.30. The smallest absolute Gasteiger partial charge is 0.00867 e. The van der Waals surface area contributed by atoms with E-state index >= 15 is 0 Å². The van der Waals surface area contributed by atoms with Gasteiger partial charge in [0.05, 0.1) is 0 Å². The summed E-state index contributed by atoms with van der Waals surface area (Å²) in [5.41, 5.74) is 1.41. The maximum absolute atomic E-state index is 2.44. The minimum Gasteiger partial charge on any atom is -0.0654 e. The molecule has 0 aromatic heterocycles. The number of unbranched alkanes of at least 4 members (excludes halogenated alkanes) is 17. The van der Waals surface area contributed by atoms with Gasteiger partial charge in [-0.15, -0.1) is 0 Å². The molecule has 0 saturated heterocycles. The van der Waals surface area contributed by atoms with Gasteiger partial charge in [-0.1, -0.05) is 159 Å². The van der Waals surface area contributed by atoms with E-state index in [-0.39, 0.29) is 0 Å². The van der Waals surface area contributed by atoms with Gasteiger partial charge in [0.2, 0.25) is 0 Å². The van der Waals surface area contributed by atoms with Gasteiger partial charge in [0.25, 0.3) is 0 Å². The minimum absolute atomic E-state index is 1.21. The maximum atomic E-state index is 2.44. The molecule has 0 N–H and O–H groups in total. The summed E-state index contributed by atoms with van der Waals surface area (Å²) in [4.78, 5) is 0. The predicted octanol–water partition coefficient (Wildman–Crippen LogP) is 10.4. The molecule has 0 atom stereocenters. The molecule has 0 fully saturated rings. The molecule has 0 saturated carbocycles. The second kappa shape index (κ2) is 17.4. The molecule has 1 radical (unpaired) electrons. The first-order valence-electron chi connectivity index (χ1n) is 13.2. The van der Waals surface area contributed by atoms with Crippen molar-refractivity contribution in [2.45, 2.75) is 122 Å². The van der Waals surface area contributed by atoms with Crippen molar-refractivity contribution in [3.63, 3.8) is 0 Å². The van der Waals surface area contributed by atoms with Crippen LogP contribution in [0.1, 0.15) is 128 Å². The summed E-state index contributed by atoms with van der Waals surface area (Å²) < 4.78 is 0. The Bertz CT molecular complexity index is 636. The summed E-state index contributed by atoms with van der Waals surface area (Å²) in [6.07, 6.45) is 28.2. The quantitative estimate of drug-likeness (QED) is 0.203. The topological polar surface area (TPSA) is 0 Å². The van der Waals surface area contributed by atoms with Crippen LogP contribution in [0, 0.1) is 6.42 Å². The fourth-order valence-electron chi connectivity index (χ4n) is 4.56. The fourth-order valence-corrected chi connectivity index (χ4v) is 4.56. The molecule has 2 aromatic rings. The average molecular weight is 408 g/mol. The first-order chi connectivity index (χ1) is 14.9. The third-order valence-electron chi connectivity index (χ3n) is 6.50. The Balaban J connectivity index is 1.33. The van der Waals surface area contributed by atoms with Crippen LogP contribution >= 0.6 is 0 Å². The van der Waals surface area contributed by atoms with Crippen molar-refractivity contribution in [1.82, 2.24) is 0 Å². The number of rotatable bonds is 19. The second-order valence-corrected chi connectivity index (χ2v) is 9.22. The van der Waals surface area contributed by atoms with Crippen molar-refractivity contribution in [2.24, 2.45) is 0 Å². The molecule has 2 rings (SSSR count). The number of hydrogen-bond donors (Lipinski definition) is 0. The molecule has 0 aliphatic carbocycles. The predicted molar refractivity (Wildman–Crippen MR) is 136 cm³/mol. The standard InChI is InChI=1S/C30H47/c1-2-3-4-5-6-7-8-9-10-11-12-13-14-15-16-17-18-19-23-28-25-22-26-29-24-20-21-27-30(28)29/h20-27H,2-19H2,1H3. The van der Waals surface area contributed by atoms with Crippen LogP contribution in [0.3, 0.4) is 0 Å². The lowest BCUT2D eigenvalue weighted by Gasteiger charge is -2.06. The molecule has 167 valence electrons. The molecule has 0 amide bonds. The summed E-state index contributed by atoms with van der Waals surface area (Å²) in [6.45, 7) is 2.30. The van der Waals surface area contributed by atoms with E-state index in [1.165, 1.54) is 132 Å².